The van der Waals surface area contributed by atoms with Crippen molar-refractivity contribution in [3.8, 4) is 0 Å². The molecule has 11 heteroatoms. The van der Waals surface area contributed by atoms with Crippen LogP contribution in [0.5, 0.6) is 0 Å². The number of carbonyl (C=O) groups is 1. The first-order chi connectivity index (χ1) is 16.5. The third kappa shape index (κ3) is 5.40. The number of pyridine rings is 3. The maximum Gasteiger partial charge on any atom is 0.251 e. The molecule has 0 bridgehead atoms. The molecule has 0 aliphatic carbocycles. The van der Waals surface area contributed by atoms with E-state index in [4.69, 9.17) is 5.73 Å². The molecule has 3 heterocycles. The van der Waals surface area contributed by atoms with Crippen LogP contribution in [-0.2, 0) is 22.8 Å². The fraction of sp³-hybridized carbons (Fsp3) is 0.167. The van der Waals surface area contributed by atoms with E-state index in [0.717, 1.165) is 12.5 Å². The largest absolute Gasteiger partial charge is 0.381 e. The Kier molecular flexibility index (Phi) is 6.44. The van der Waals surface area contributed by atoms with Gasteiger partial charge in [0, 0.05) is 47.8 Å². The number of aryl methyl sites for hydroxylation is 1. The fourth-order valence-corrected chi connectivity index (χ4v) is 4.54. The summed E-state index contributed by atoms with van der Waals surface area (Å²) in [6, 6.07) is 8.65. The number of carbonyl (C=O) groups excluding carboxylic acids is 1. The van der Waals surface area contributed by atoms with Crippen molar-refractivity contribution in [1.82, 2.24) is 20.3 Å². The molecule has 1 aromatic carbocycles. The molecular weight excluding hydrogens is 476 g/mol. The highest BCUT2D eigenvalue weighted by molar-refractivity contribution is 7.91. The first kappa shape index (κ1) is 24.1. The summed E-state index contributed by atoms with van der Waals surface area (Å²) >= 11 is 0. The number of benzene rings is 1. The summed E-state index contributed by atoms with van der Waals surface area (Å²) in [5.41, 5.74) is 8.00. The topological polar surface area (TPSA) is 128 Å². The quantitative estimate of drug-likeness (QED) is 0.419. The molecule has 8 nitrogen and oxygen atoms in total. The van der Waals surface area contributed by atoms with E-state index in [1.165, 1.54) is 30.5 Å². The van der Waals surface area contributed by atoms with Gasteiger partial charge in [0.15, 0.2) is 21.5 Å². The van der Waals surface area contributed by atoms with Crippen molar-refractivity contribution >= 4 is 32.5 Å². The molecule has 0 unspecified atom stereocenters. The van der Waals surface area contributed by atoms with E-state index in [1.54, 1.807) is 19.1 Å². The lowest BCUT2D eigenvalue weighted by atomic mass is 10.0. The second kappa shape index (κ2) is 9.34. The number of aromatic nitrogens is 3. The third-order valence-electron chi connectivity index (χ3n) is 5.38. The summed E-state index contributed by atoms with van der Waals surface area (Å²) in [7, 11) is -3.63. The molecule has 3 N–H and O–H groups in total. The van der Waals surface area contributed by atoms with Crippen LogP contribution in [0.2, 0.25) is 0 Å². The lowest BCUT2D eigenvalue weighted by Crippen LogP contribution is -2.24. The Bertz CT molecular complexity index is 1580. The van der Waals surface area contributed by atoms with Gasteiger partial charge in [-0.25, -0.2) is 22.2 Å². The van der Waals surface area contributed by atoms with Crippen LogP contribution in [0.4, 0.5) is 14.6 Å². The smallest absolute Gasteiger partial charge is 0.251 e. The molecule has 35 heavy (non-hydrogen) atoms. The zero-order chi connectivity index (χ0) is 25.3. The van der Waals surface area contributed by atoms with E-state index in [9.17, 15) is 22.0 Å². The minimum Gasteiger partial charge on any atom is -0.381 e. The van der Waals surface area contributed by atoms with Gasteiger partial charge < -0.3 is 11.1 Å². The van der Waals surface area contributed by atoms with Gasteiger partial charge in [0.2, 0.25) is 0 Å². The average molecular weight is 498 g/mol. The van der Waals surface area contributed by atoms with Crippen molar-refractivity contribution in [2.24, 2.45) is 0 Å². The summed E-state index contributed by atoms with van der Waals surface area (Å²) in [6.07, 6.45) is 3.68. The van der Waals surface area contributed by atoms with Crippen molar-refractivity contribution in [3.63, 3.8) is 0 Å². The number of anilines is 1. The molecule has 0 atom stereocenters. The normalized spacial score (nSPS) is 11.5. The predicted octanol–water partition coefficient (Wildman–Crippen LogP) is 3.12. The Morgan fingerprint density at radius 1 is 1.11 bits per heavy atom. The number of sulfone groups is 1. The maximum atomic E-state index is 13.7. The highest BCUT2D eigenvalue weighted by Gasteiger charge is 2.17. The number of amides is 1. The molecule has 3 aromatic heterocycles. The van der Waals surface area contributed by atoms with Crippen molar-refractivity contribution in [2.75, 3.05) is 12.0 Å². The number of nitrogens with two attached hydrogens (primary N) is 1. The Labute approximate surface area is 200 Å². The third-order valence-corrected chi connectivity index (χ3v) is 6.49. The molecule has 0 aliphatic rings. The number of nitrogens with one attached hydrogen (secondary N) is 1. The molecular formula is C24H21F2N5O3S. The Morgan fingerprint density at radius 2 is 1.89 bits per heavy atom. The van der Waals surface area contributed by atoms with Gasteiger partial charge >= 0.3 is 0 Å². The second-order valence-electron chi connectivity index (χ2n) is 8.09. The van der Waals surface area contributed by atoms with E-state index < -0.39 is 27.4 Å². The van der Waals surface area contributed by atoms with Gasteiger partial charge in [0.25, 0.3) is 5.91 Å². The van der Waals surface area contributed by atoms with E-state index >= 15 is 0 Å². The molecule has 0 saturated carbocycles. The maximum absolute atomic E-state index is 13.7. The van der Waals surface area contributed by atoms with E-state index in [0.29, 0.717) is 33.5 Å². The van der Waals surface area contributed by atoms with Gasteiger partial charge in [-0.2, -0.15) is 0 Å². The molecule has 0 saturated heterocycles. The molecule has 4 rings (SSSR count). The highest BCUT2D eigenvalue weighted by Crippen LogP contribution is 2.25. The van der Waals surface area contributed by atoms with Crippen LogP contribution in [0.15, 0.2) is 53.7 Å². The van der Waals surface area contributed by atoms with E-state index in [1.807, 2.05) is 0 Å². The number of fused-ring (bicyclic) bond motifs is 1. The number of hydrogen-bond acceptors (Lipinski definition) is 7. The Balaban J connectivity index is 1.58. The van der Waals surface area contributed by atoms with Gasteiger partial charge in [-0.3, -0.25) is 14.8 Å². The van der Waals surface area contributed by atoms with Crippen molar-refractivity contribution in [3.05, 3.63) is 88.5 Å². The molecule has 0 fully saturated rings. The first-order valence-corrected chi connectivity index (χ1v) is 12.3. The van der Waals surface area contributed by atoms with Crippen LogP contribution in [-0.4, -0.2) is 35.5 Å². The fourth-order valence-electron chi connectivity index (χ4n) is 3.65. The highest BCUT2D eigenvalue weighted by atomic mass is 32.2. The number of nitrogens with zero attached hydrogens (tertiary/aromatic N) is 3. The van der Waals surface area contributed by atoms with Crippen LogP contribution in [0, 0.1) is 18.6 Å². The van der Waals surface area contributed by atoms with Gasteiger partial charge in [-0.15, -0.1) is 0 Å². The number of rotatable bonds is 6. The summed E-state index contributed by atoms with van der Waals surface area (Å²) < 4.78 is 52.0. The van der Waals surface area contributed by atoms with Crippen LogP contribution < -0.4 is 11.1 Å². The molecule has 4 aromatic rings. The van der Waals surface area contributed by atoms with Crippen LogP contribution >= 0.6 is 0 Å². The zero-order valence-corrected chi connectivity index (χ0v) is 19.7. The monoisotopic (exact) mass is 497 g/mol. The number of hydrogen-bond donors (Lipinski definition) is 2. The number of nitrogen functional groups attached to an aromatic ring is 1. The molecule has 0 aliphatic heterocycles. The Hall–Kier alpha value is -3.99. The molecule has 180 valence electrons. The lowest BCUT2D eigenvalue weighted by Gasteiger charge is -2.11. The molecule has 0 radical (unpaired) electrons. The van der Waals surface area contributed by atoms with Gasteiger partial charge in [0.05, 0.1) is 16.6 Å². The van der Waals surface area contributed by atoms with Crippen molar-refractivity contribution < 1.29 is 22.0 Å². The van der Waals surface area contributed by atoms with Crippen molar-refractivity contribution in [1.29, 1.82) is 0 Å². The summed E-state index contributed by atoms with van der Waals surface area (Å²) in [4.78, 5) is 24.8. The Morgan fingerprint density at radius 3 is 2.63 bits per heavy atom. The summed E-state index contributed by atoms with van der Waals surface area (Å²) in [5, 5.41) is 3.05. The van der Waals surface area contributed by atoms with E-state index in [-0.39, 0.29) is 29.2 Å². The first-order valence-electron chi connectivity index (χ1n) is 10.4. The van der Waals surface area contributed by atoms with Gasteiger partial charge in [-0.1, -0.05) is 0 Å². The van der Waals surface area contributed by atoms with E-state index in [2.05, 4.69) is 20.3 Å². The summed E-state index contributed by atoms with van der Waals surface area (Å²) in [5.74, 6) is -1.86. The standard InChI is InChI=1S/C24H21F2N5O3S/c1-13-17(10-20(26)23(27)31-13)11-30-24(32)15-3-4-28-19(9-15)6-14-5-16-8-18(25)12-29-22(16)21(7-14)35(2,33)34/h3-5,7-10,12H,6,11H2,1-2H3,(H2,27,31)(H,30,32). The number of halogens is 2. The van der Waals surface area contributed by atoms with Crippen LogP contribution in [0.3, 0.4) is 0 Å². The molecule has 1 amide bonds. The zero-order valence-electron chi connectivity index (χ0n) is 18.8. The minimum atomic E-state index is -3.63. The SMILES string of the molecule is Cc1nc(N)c(F)cc1CNC(=O)c1ccnc(Cc2cc(S(C)(=O)=O)c3ncc(F)cc3c2)c1. The van der Waals surface area contributed by atoms with Crippen molar-refractivity contribution in [2.45, 2.75) is 24.8 Å². The van der Waals surface area contributed by atoms with Crippen LogP contribution in [0.1, 0.15) is 32.9 Å². The predicted molar refractivity (Wildman–Crippen MR) is 126 cm³/mol. The van der Waals surface area contributed by atoms with Gasteiger partial charge in [-0.05, 0) is 54.4 Å². The second-order valence-corrected chi connectivity index (χ2v) is 10.1. The summed E-state index contributed by atoms with van der Waals surface area (Å²) in [6.45, 7) is 1.71. The average Bonchev–Trinajstić information content (AvgIpc) is 2.79. The van der Waals surface area contributed by atoms with Crippen LogP contribution in [0.25, 0.3) is 10.9 Å². The van der Waals surface area contributed by atoms with Gasteiger partial charge in [0.1, 0.15) is 5.82 Å². The minimum absolute atomic E-state index is 0.0152. The lowest BCUT2D eigenvalue weighted by molar-refractivity contribution is 0.0950. The molecule has 0 spiro atoms.